The SMILES string of the molecule is CC(C)CC1C=C2CC3CCC4(CCC5(CCCC5)C4)C34CC3CC5(C)C67OC(=O)C8OC85C5(C(O)C(=O)C8C1(C)OC21C4C(=O)OCC81C35)C1CC(Cc2ccccc2)CCC1C#CC6CCc1coc(CC(C(O)CO)C2CCC3C(C=CN4CNCC34)C2)c17. The molecule has 4 N–H and O–H groups in total. The second-order valence-corrected chi connectivity index (χ2v) is 35.8. The lowest BCUT2D eigenvalue weighted by atomic mass is 9.28. The molecule has 0 amide bonds. The van der Waals surface area contributed by atoms with Crippen molar-refractivity contribution in [3.8, 4) is 11.8 Å². The number of hydrogen-bond donors (Lipinski definition) is 4. The van der Waals surface area contributed by atoms with Crippen LogP contribution in [0.4, 0.5) is 0 Å². The molecule has 9 saturated carbocycles. The molecule has 18 aliphatic rings. The molecule has 8 heterocycles. The predicted molar refractivity (Wildman–Crippen MR) is 339 cm³/mol. The highest BCUT2D eigenvalue weighted by Gasteiger charge is 3.01. The summed E-state index contributed by atoms with van der Waals surface area (Å²) in [4.78, 5) is 53.3. The molecule has 20 rings (SSSR count). The Morgan fingerprint density at radius 2 is 1.74 bits per heavy atom. The van der Waals surface area contributed by atoms with Gasteiger partial charge >= 0.3 is 11.9 Å². The van der Waals surface area contributed by atoms with Gasteiger partial charge in [-0.15, -0.1) is 0 Å². The van der Waals surface area contributed by atoms with Crippen LogP contribution in [0.1, 0.15) is 179 Å². The van der Waals surface area contributed by atoms with E-state index in [4.69, 9.17) is 23.4 Å². The van der Waals surface area contributed by atoms with Crippen LogP contribution in [-0.2, 0) is 58.2 Å². The second-order valence-electron chi connectivity index (χ2n) is 35.8. The highest BCUT2D eigenvalue weighted by Crippen LogP contribution is 2.93. The normalized spacial score (nSPS) is 52.1. The number of ether oxygens (including phenoxy) is 4. The minimum atomic E-state index is -1.57. The molecule has 0 radical (unpaired) electrons. The Labute approximate surface area is 543 Å². The molecule has 2 aromatic rings. The number of aliphatic hydroxyl groups is 3. The summed E-state index contributed by atoms with van der Waals surface area (Å²) in [5.41, 5.74) is -5.01. The molecular formula is C79H98N2O11. The molecule has 5 saturated heterocycles. The van der Waals surface area contributed by atoms with E-state index >= 15 is 19.5 Å². The third-order valence-corrected chi connectivity index (χ3v) is 32.7. The van der Waals surface area contributed by atoms with Crippen molar-refractivity contribution >= 4 is 17.7 Å². The number of rotatable bonds is 9. The van der Waals surface area contributed by atoms with Crippen LogP contribution in [0.15, 0.2) is 64.9 Å². The zero-order valence-corrected chi connectivity index (χ0v) is 54.8. The zero-order chi connectivity index (χ0) is 62.3. The summed E-state index contributed by atoms with van der Waals surface area (Å²) in [6.07, 6.45) is 26.5. The lowest BCUT2D eigenvalue weighted by molar-refractivity contribution is -0.320. The van der Waals surface area contributed by atoms with Crippen LogP contribution in [-0.4, -0.2) is 106 Å². The van der Waals surface area contributed by atoms with E-state index in [1.807, 2.05) is 6.26 Å². The summed E-state index contributed by atoms with van der Waals surface area (Å²) >= 11 is 0. The zero-order valence-electron chi connectivity index (χ0n) is 54.8. The molecule has 490 valence electrons. The number of epoxide rings is 1. The quantitative estimate of drug-likeness (QED) is 0.0807. The first-order valence-electron chi connectivity index (χ1n) is 37.2. The van der Waals surface area contributed by atoms with Gasteiger partial charge in [0.15, 0.2) is 17.5 Å². The number of cyclic esters (lactones) is 1. The van der Waals surface area contributed by atoms with Crippen molar-refractivity contribution in [1.82, 2.24) is 10.2 Å². The van der Waals surface area contributed by atoms with Crippen molar-refractivity contribution in [2.75, 3.05) is 26.4 Å². The van der Waals surface area contributed by atoms with Gasteiger partial charge in [0.25, 0.3) is 0 Å². The van der Waals surface area contributed by atoms with Gasteiger partial charge in [-0.05, 0) is 234 Å². The molecule has 8 spiro atoms. The summed E-state index contributed by atoms with van der Waals surface area (Å²) in [7, 11) is 0. The van der Waals surface area contributed by atoms with Gasteiger partial charge in [-0.2, -0.15) is 0 Å². The number of nitrogens with one attached hydrogen (secondary N) is 1. The van der Waals surface area contributed by atoms with Crippen LogP contribution in [0.5, 0.6) is 0 Å². The molecule has 9 bridgehead atoms. The Morgan fingerprint density at radius 1 is 0.891 bits per heavy atom. The lowest BCUT2D eigenvalue weighted by Gasteiger charge is -2.74. The number of ketones is 1. The third-order valence-electron chi connectivity index (χ3n) is 32.7. The average molecular weight is 1250 g/mol. The van der Waals surface area contributed by atoms with Crippen LogP contribution in [0.2, 0.25) is 0 Å². The minimum Gasteiger partial charge on any atom is -0.469 e. The van der Waals surface area contributed by atoms with E-state index < -0.39 is 97.9 Å². The van der Waals surface area contributed by atoms with Crippen molar-refractivity contribution in [2.24, 2.45) is 121 Å². The van der Waals surface area contributed by atoms with Gasteiger partial charge in [-0.1, -0.05) is 87.9 Å². The number of Topliss-reactive ketones (excluding diaryl/α,β-unsaturated/α-hetero) is 1. The van der Waals surface area contributed by atoms with Crippen LogP contribution < -0.4 is 5.32 Å². The summed E-state index contributed by atoms with van der Waals surface area (Å²) in [5, 5.41) is 42.3. The van der Waals surface area contributed by atoms with E-state index in [0.717, 1.165) is 108 Å². The fourth-order valence-electron chi connectivity index (χ4n) is 30.3. The standard InChI is InChI=1S/C79H98N2O11/c1-43(2)28-53-33-54-32-52-20-24-73(26-25-72(40-73)22-8-9-23-72)74(52)36-50-35-70(3)77-51(18-15-49-39-88-60(61(49)77)34-56(59(83)38-82)47-16-19-55-48(31-47)21-27-81-42-80-37-58(55)81)17-14-46-13-12-45(29-44-10-6-5-7-11-44)30-57(46)76(79(70)67(90-79)69(87)91-77)63(50)75-41-89-68(86)65(74)78(54,75)92-71(53,4)64(75)62(84)66(76)85/h5-7,10-11,21,27,33,39,43,45-48,50-53,55-59,63-67,80,82-83,85H,8-9,12-13,15-16,18-20,22-26,28-32,34-38,40-42H2,1-4H3. The first-order chi connectivity index (χ1) is 44.4. The first-order valence-corrected chi connectivity index (χ1v) is 37.2. The molecule has 11 aliphatic carbocycles. The summed E-state index contributed by atoms with van der Waals surface area (Å²) in [5.74, 6) is 5.90. The Kier molecular flexibility index (Phi) is 11.9. The maximum atomic E-state index is 17.8. The van der Waals surface area contributed by atoms with Crippen LogP contribution >= 0.6 is 0 Å². The Balaban J connectivity index is 0.840. The van der Waals surface area contributed by atoms with Gasteiger partial charge < -0.3 is 43.6 Å². The molecule has 1 aromatic carbocycles. The van der Waals surface area contributed by atoms with Gasteiger partial charge in [-0.3, -0.25) is 14.9 Å². The molecule has 13 nitrogen and oxygen atoms in total. The Bertz CT molecular complexity index is 3630. The van der Waals surface area contributed by atoms with Crippen molar-refractivity contribution < 1.29 is 53.1 Å². The fraction of sp³-hybridized carbons (Fsp3) is 0.759. The average Bonchev–Trinajstić information content (AvgIpc) is 1.40. The monoisotopic (exact) mass is 1250 g/mol. The number of fused-ring (bicyclic) bond motifs is 7. The van der Waals surface area contributed by atoms with E-state index in [2.05, 4.69) is 98.4 Å². The van der Waals surface area contributed by atoms with Gasteiger partial charge in [0.2, 0.25) is 0 Å². The highest BCUT2D eigenvalue weighted by molar-refractivity contribution is 5.94. The van der Waals surface area contributed by atoms with Crippen molar-refractivity contribution in [3.63, 3.8) is 0 Å². The molecule has 27 unspecified atom stereocenters. The van der Waals surface area contributed by atoms with E-state index in [1.165, 1.54) is 43.2 Å². The number of carbonyl (C=O) groups excluding carboxylic acids is 3. The number of nitrogens with zero attached hydrogens (tertiary/aromatic N) is 1. The molecule has 27 atom stereocenters. The van der Waals surface area contributed by atoms with E-state index in [1.54, 1.807) is 0 Å². The summed E-state index contributed by atoms with van der Waals surface area (Å²) < 4.78 is 38.7. The second kappa shape index (κ2) is 18.9. The van der Waals surface area contributed by atoms with Gasteiger partial charge in [-0.25, -0.2) is 4.79 Å². The van der Waals surface area contributed by atoms with Crippen molar-refractivity contribution in [3.05, 3.63) is 83.0 Å². The number of benzene rings is 1. The number of hydrogen-bond acceptors (Lipinski definition) is 13. The Morgan fingerprint density at radius 3 is 2.57 bits per heavy atom. The minimum absolute atomic E-state index is 0.0263. The van der Waals surface area contributed by atoms with Gasteiger partial charge in [0.1, 0.15) is 29.7 Å². The predicted octanol–water partition coefficient (Wildman–Crippen LogP) is 10.7. The van der Waals surface area contributed by atoms with E-state index in [-0.39, 0.29) is 83.1 Å². The van der Waals surface area contributed by atoms with Crippen LogP contribution in [0.25, 0.3) is 0 Å². The summed E-state index contributed by atoms with van der Waals surface area (Å²) in [6.45, 7) is 10.6. The smallest absolute Gasteiger partial charge is 0.339 e. The largest absolute Gasteiger partial charge is 0.469 e. The molecule has 7 aliphatic heterocycles. The van der Waals surface area contributed by atoms with E-state index in [9.17, 15) is 10.2 Å². The molecule has 13 heteroatoms. The summed E-state index contributed by atoms with van der Waals surface area (Å²) in [6, 6.07) is 11.3. The van der Waals surface area contributed by atoms with Crippen molar-refractivity contribution in [1.29, 1.82) is 0 Å². The Hall–Kier alpha value is -4.29. The molecule has 92 heavy (non-hydrogen) atoms. The number of esters is 2. The number of aliphatic hydroxyl groups excluding tert-OH is 3. The molecular weight excluding hydrogens is 1150 g/mol. The third kappa shape index (κ3) is 6.45. The van der Waals surface area contributed by atoms with E-state index in [0.29, 0.717) is 55.7 Å². The van der Waals surface area contributed by atoms with Crippen LogP contribution in [0, 0.1) is 133 Å². The number of allylic oxidation sites excluding steroid dienone is 1. The molecule has 1 aromatic heterocycles. The topological polar surface area (TPSA) is 181 Å². The maximum Gasteiger partial charge on any atom is 0.339 e. The highest BCUT2D eigenvalue weighted by atomic mass is 16.7. The molecule has 14 fully saturated rings. The first kappa shape index (κ1) is 57.9. The van der Waals surface area contributed by atoms with Crippen LogP contribution in [0.3, 0.4) is 0 Å². The van der Waals surface area contributed by atoms with Crippen molar-refractivity contribution in [2.45, 2.75) is 222 Å². The van der Waals surface area contributed by atoms with Gasteiger partial charge in [0.05, 0.1) is 54.4 Å². The van der Waals surface area contributed by atoms with Gasteiger partial charge in [0, 0.05) is 47.2 Å². The number of aryl methyl sites for hydroxylation is 1. The fourth-order valence-corrected chi connectivity index (χ4v) is 30.3. The maximum absolute atomic E-state index is 17.8. The number of furan rings is 1. The lowest BCUT2D eigenvalue weighted by Crippen LogP contribution is -2.84. The number of carbonyl (C=O) groups is 3.